The lowest BCUT2D eigenvalue weighted by Crippen LogP contribution is -2.22. The van der Waals surface area contributed by atoms with E-state index in [4.69, 9.17) is 0 Å². The molecular formula is C11H18N2O2S2. The van der Waals surface area contributed by atoms with E-state index in [-0.39, 0.29) is 0 Å². The smallest absolute Gasteiger partial charge is 0.250 e. The van der Waals surface area contributed by atoms with Crippen LogP contribution in [0.4, 0.5) is 0 Å². The van der Waals surface area contributed by atoms with E-state index in [1.807, 2.05) is 6.07 Å². The molecule has 1 heterocycles. The normalized spacial score (nSPS) is 16.3. The SMILES string of the molecule is CCNS(=O)(=O)c1ccc(CCNC2CC2)s1. The van der Waals surface area contributed by atoms with Gasteiger partial charge in [-0.25, -0.2) is 13.1 Å². The van der Waals surface area contributed by atoms with Crippen LogP contribution in [0.1, 0.15) is 24.6 Å². The molecule has 17 heavy (non-hydrogen) atoms. The van der Waals surface area contributed by atoms with Gasteiger partial charge in [0.15, 0.2) is 0 Å². The molecule has 0 aromatic carbocycles. The summed E-state index contributed by atoms with van der Waals surface area (Å²) in [7, 11) is -3.27. The highest BCUT2D eigenvalue weighted by Crippen LogP contribution is 2.22. The number of rotatable bonds is 7. The van der Waals surface area contributed by atoms with Crippen LogP contribution in [0.3, 0.4) is 0 Å². The van der Waals surface area contributed by atoms with Gasteiger partial charge in [0, 0.05) is 24.0 Å². The third kappa shape index (κ3) is 3.77. The van der Waals surface area contributed by atoms with Gasteiger partial charge in [-0.1, -0.05) is 6.92 Å². The summed E-state index contributed by atoms with van der Waals surface area (Å²) in [6.45, 7) is 3.15. The number of hydrogen-bond donors (Lipinski definition) is 2. The Balaban J connectivity index is 1.90. The van der Waals surface area contributed by atoms with Crippen molar-refractivity contribution in [2.24, 2.45) is 0 Å². The molecule has 1 aliphatic rings. The van der Waals surface area contributed by atoms with Crippen LogP contribution < -0.4 is 10.0 Å². The molecule has 2 rings (SSSR count). The zero-order valence-electron chi connectivity index (χ0n) is 9.90. The van der Waals surface area contributed by atoms with E-state index in [1.54, 1.807) is 13.0 Å². The fraction of sp³-hybridized carbons (Fsp3) is 0.636. The predicted octanol–water partition coefficient (Wildman–Crippen LogP) is 1.34. The van der Waals surface area contributed by atoms with E-state index in [2.05, 4.69) is 10.0 Å². The molecule has 1 aromatic rings. The topological polar surface area (TPSA) is 58.2 Å². The van der Waals surface area contributed by atoms with Crippen LogP contribution >= 0.6 is 11.3 Å². The Morgan fingerprint density at radius 3 is 2.82 bits per heavy atom. The summed E-state index contributed by atoms with van der Waals surface area (Å²) >= 11 is 1.36. The molecule has 0 aliphatic heterocycles. The van der Waals surface area contributed by atoms with Gasteiger partial charge in [0.05, 0.1) is 0 Å². The lowest BCUT2D eigenvalue weighted by Gasteiger charge is -2.01. The summed E-state index contributed by atoms with van der Waals surface area (Å²) in [5.41, 5.74) is 0. The third-order valence-corrected chi connectivity index (χ3v) is 5.80. The molecule has 0 bridgehead atoms. The lowest BCUT2D eigenvalue weighted by atomic mass is 10.3. The van der Waals surface area contributed by atoms with Crippen molar-refractivity contribution in [3.05, 3.63) is 17.0 Å². The van der Waals surface area contributed by atoms with E-state index >= 15 is 0 Å². The van der Waals surface area contributed by atoms with Crippen molar-refractivity contribution in [1.29, 1.82) is 0 Å². The Morgan fingerprint density at radius 2 is 2.18 bits per heavy atom. The molecule has 1 aliphatic carbocycles. The molecule has 4 nitrogen and oxygen atoms in total. The highest BCUT2D eigenvalue weighted by atomic mass is 32.2. The van der Waals surface area contributed by atoms with Gasteiger partial charge < -0.3 is 5.32 Å². The van der Waals surface area contributed by atoms with Gasteiger partial charge in [0.25, 0.3) is 0 Å². The number of thiophene rings is 1. The summed E-state index contributed by atoms with van der Waals surface area (Å²) in [5.74, 6) is 0. The average molecular weight is 274 g/mol. The molecule has 6 heteroatoms. The maximum absolute atomic E-state index is 11.7. The second-order valence-corrected chi connectivity index (χ2v) is 7.36. The third-order valence-electron chi connectivity index (χ3n) is 2.62. The fourth-order valence-electron chi connectivity index (χ4n) is 1.59. The molecule has 1 fully saturated rings. The molecule has 0 radical (unpaired) electrons. The highest BCUT2D eigenvalue weighted by Gasteiger charge is 2.20. The van der Waals surface area contributed by atoms with Crippen LogP contribution in [0, 0.1) is 0 Å². The van der Waals surface area contributed by atoms with E-state index < -0.39 is 10.0 Å². The van der Waals surface area contributed by atoms with Crippen LogP contribution in [0.5, 0.6) is 0 Å². The molecule has 96 valence electrons. The van der Waals surface area contributed by atoms with Crippen molar-refractivity contribution in [3.8, 4) is 0 Å². The van der Waals surface area contributed by atoms with Crippen LogP contribution in [-0.2, 0) is 16.4 Å². The monoisotopic (exact) mass is 274 g/mol. The Labute approximate surface area is 106 Å². The summed E-state index contributed by atoms with van der Waals surface area (Å²) in [6.07, 6.45) is 3.47. The maximum atomic E-state index is 11.7. The van der Waals surface area contributed by atoms with Crippen molar-refractivity contribution in [2.45, 2.75) is 36.4 Å². The van der Waals surface area contributed by atoms with Gasteiger partial charge in [-0.3, -0.25) is 0 Å². The Morgan fingerprint density at radius 1 is 1.41 bits per heavy atom. The van der Waals surface area contributed by atoms with Crippen LogP contribution in [0.25, 0.3) is 0 Å². The molecule has 2 N–H and O–H groups in total. The molecule has 0 spiro atoms. The maximum Gasteiger partial charge on any atom is 0.250 e. The summed E-state index contributed by atoms with van der Waals surface area (Å²) in [5, 5.41) is 3.42. The van der Waals surface area contributed by atoms with Gasteiger partial charge in [-0.05, 0) is 31.4 Å². The molecule has 0 amide bonds. The van der Waals surface area contributed by atoms with E-state index in [0.29, 0.717) is 16.8 Å². The molecule has 0 saturated heterocycles. The molecular weight excluding hydrogens is 256 g/mol. The first-order valence-electron chi connectivity index (χ1n) is 5.93. The van der Waals surface area contributed by atoms with Crippen molar-refractivity contribution in [3.63, 3.8) is 0 Å². The second-order valence-electron chi connectivity index (χ2n) is 4.20. The molecule has 0 unspecified atom stereocenters. The van der Waals surface area contributed by atoms with Gasteiger partial charge in [0.1, 0.15) is 4.21 Å². The summed E-state index contributed by atoms with van der Waals surface area (Å²) in [6, 6.07) is 4.30. The lowest BCUT2D eigenvalue weighted by molar-refractivity contribution is 0.586. The van der Waals surface area contributed by atoms with Crippen molar-refractivity contribution < 1.29 is 8.42 Å². The number of sulfonamides is 1. The van der Waals surface area contributed by atoms with E-state index in [0.717, 1.165) is 17.8 Å². The van der Waals surface area contributed by atoms with Crippen molar-refractivity contribution >= 4 is 21.4 Å². The van der Waals surface area contributed by atoms with Gasteiger partial charge in [-0.2, -0.15) is 0 Å². The minimum Gasteiger partial charge on any atom is -0.314 e. The van der Waals surface area contributed by atoms with Gasteiger partial charge in [-0.15, -0.1) is 11.3 Å². The van der Waals surface area contributed by atoms with Gasteiger partial charge in [0.2, 0.25) is 10.0 Å². The quantitative estimate of drug-likeness (QED) is 0.789. The molecule has 1 saturated carbocycles. The second kappa shape index (κ2) is 5.48. The van der Waals surface area contributed by atoms with Crippen LogP contribution in [0.15, 0.2) is 16.3 Å². The first-order valence-corrected chi connectivity index (χ1v) is 8.23. The molecule has 0 atom stereocenters. The van der Waals surface area contributed by atoms with Gasteiger partial charge >= 0.3 is 0 Å². The first-order chi connectivity index (χ1) is 8.12. The summed E-state index contributed by atoms with van der Waals surface area (Å²) in [4.78, 5) is 1.12. The molecule has 1 aromatic heterocycles. The van der Waals surface area contributed by atoms with Crippen LogP contribution in [-0.4, -0.2) is 27.5 Å². The Kier molecular flexibility index (Phi) is 4.19. The number of nitrogens with one attached hydrogen (secondary N) is 2. The van der Waals surface area contributed by atoms with E-state index in [1.165, 1.54) is 24.2 Å². The van der Waals surface area contributed by atoms with Crippen molar-refractivity contribution in [1.82, 2.24) is 10.0 Å². The highest BCUT2D eigenvalue weighted by molar-refractivity contribution is 7.91. The average Bonchev–Trinajstić information content (AvgIpc) is 2.94. The van der Waals surface area contributed by atoms with Crippen LogP contribution in [0.2, 0.25) is 0 Å². The minimum absolute atomic E-state index is 0.417. The van der Waals surface area contributed by atoms with E-state index in [9.17, 15) is 8.42 Å². The first kappa shape index (κ1) is 13.0. The predicted molar refractivity (Wildman–Crippen MR) is 69.9 cm³/mol. The zero-order valence-corrected chi connectivity index (χ0v) is 11.5. The number of hydrogen-bond acceptors (Lipinski definition) is 4. The Hall–Kier alpha value is -0.430. The summed E-state index contributed by atoms with van der Waals surface area (Å²) < 4.78 is 26.4. The standard InChI is InChI=1S/C11H18N2O2S2/c1-2-13-17(14,15)11-6-5-10(16-11)7-8-12-9-3-4-9/h5-6,9,12-13H,2-4,7-8H2,1H3. The fourth-order valence-corrected chi connectivity index (χ4v) is 4.03. The minimum atomic E-state index is -3.27. The van der Waals surface area contributed by atoms with Crippen molar-refractivity contribution in [2.75, 3.05) is 13.1 Å². The largest absolute Gasteiger partial charge is 0.314 e. The zero-order chi connectivity index (χ0) is 12.3. The Bertz CT molecular complexity index is 464.